The Morgan fingerprint density at radius 3 is 2.57 bits per heavy atom. The third-order valence-electron chi connectivity index (χ3n) is 8.00. The van der Waals surface area contributed by atoms with Gasteiger partial charge in [0.15, 0.2) is 0 Å². The number of fused-ring (bicyclic) bond motifs is 2. The molecule has 2 bridgehead atoms. The number of aromatic carboxylic acids is 1. The molecule has 2 aliphatic carbocycles. The molecule has 6 rings (SSSR count). The van der Waals surface area contributed by atoms with E-state index < -0.39 is 11.8 Å². The van der Waals surface area contributed by atoms with E-state index in [4.69, 9.17) is 14.9 Å². The fraction of sp³-hybridized carbons (Fsp3) is 0.429. The second kappa shape index (κ2) is 8.48. The van der Waals surface area contributed by atoms with Crippen molar-refractivity contribution in [1.82, 2.24) is 9.78 Å². The van der Waals surface area contributed by atoms with Crippen molar-refractivity contribution in [1.29, 1.82) is 0 Å². The summed E-state index contributed by atoms with van der Waals surface area (Å²) in [5, 5.41) is 13.9. The van der Waals surface area contributed by atoms with Crippen LogP contribution in [0.5, 0.6) is 0 Å². The molecule has 3 aliphatic rings. The van der Waals surface area contributed by atoms with Crippen molar-refractivity contribution in [3.05, 3.63) is 76.4 Å². The summed E-state index contributed by atoms with van der Waals surface area (Å²) in [6.07, 6.45) is 6.52. The molecule has 2 heterocycles. The number of aryl methyl sites for hydroxylation is 2. The maximum Gasteiger partial charge on any atom is 0.338 e. The van der Waals surface area contributed by atoms with Gasteiger partial charge in [-0.25, -0.2) is 13.9 Å². The molecular formula is C28H30FN3O3. The molecule has 0 amide bonds. The minimum Gasteiger partial charge on any atom is -0.478 e. The number of ether oxygens (including phenoxy) is 1. The maximum atomic E-state index is 14.3. The first-order valence-corrected chi connectivity index (χ1v) is 12.4. The molecule has 2 aromatic carbocycles. The first kappa shape index (κ1) is 22.3. The Labute approximate surface area is 204 Å². The van der Waals surface area contributed by atoms with Gasteiger partial charge in [0.2, 0.25) is 0 Å². The number of nitrogens with zero attached hydrogens (tertiary/aromatic N) is 3. The second-order valence-electron chi connectivity index (χ2n) is 10.3. The van der Waals surface area contributed by atoms with Crippen LogP contribution in [0, 0.1) is 25.6 Å². The zero-order valence-corrected chi connectivity index (χ0v) is 20.1. The van der Waals surface area contributed by atoms with Crippen LogP contribution < -0.4 is 4.90 Å². The lowest BCUT2D eigenvalue weighted by atomic mass is 10.0. The Morgan fingerprint density at radius 2 is 1.94 bits per heavy atom. The molecule has 1 aromatic heterocycles. The average Bonchev–Trinajstić information content (AvgIpc) is 3.28. The van der Waals surface area contributed by atoms with Gasteiger partial charge >= 0.3 is 5.97 Å². The fourth-order valence-corrected chi connectivity index (χ4v) is 6.07. The zero-order valence-electron chi connectivity index (χ0n) is 20.1. The van der Waals surface area contributed by atoms with Crippen molar-refractivity contribution in [2.75, 3.05) is 11.4 Å². The van der Waals surface area contributed by atoms with E-state index in [-0.39, 0.29) is 17.7 Å². The van der Waals surface area contributed by atoms with Gasteiger partial charge in [0.05, 0.1) is 35.9 Å². The number of benzene rings is 2. The molecule has 2 saturated carbocycles. The molecule has 1 aliphatic heterocycles. The van der Waals surface area contributed by atoms with E-state index in [1.165, 1.54) is 41.7 Å². The Hall–Kier alpha value is -3.19. The summed E-state index contributed by atoms with van der Waals surface area (Å²) < 4.78 is 22.9. The largest absolute Gasteiger partial charge is 0.478 e. The zero-order chi connectivity index (χ0) is 24.3. The van der Waals surface area contributed by atoms with Gasteiger partial charge in [-0.15, -0.1) is 0 Å². The Morgan fingerprint density at radius 1 is 1.17 bits per heavy atom. The number of carbonyl (C=O) groups is 1. The van der Waals surface area contributed by atoms with Crippen LogP contribution in [0.2, 0.25) is 0 Å². The summed E-state index contributed by atoms with van der Waals surface area (Å²) in [6, 6.07) is 11.0. The van der Waals surface area contributed by atoms with Crippen LogP contribution in [-0.2, 0) is 11.3 Å². The van der Waals surface area contributed by atoms with E-state index in [1.807, 2.05) is 6.20 Å². The number of piperidine rings is 1. The fourth-order valence-electron chi connectivity index (χ4n) is 6.07. The SMILES string of the molecule is Cc1cccc(C)c1-n1ncc(C2CC2)c1CO[C@@H]1C[C@@H]2C[C@H]1CN2c1ccc(C(=O)O)c(F)c1. The van der Waals surface area contributed by atoms with Crippen LogP contribution in [0.25, 0.3) is 5.69 Å². The summed E-state index contributed by atoms with van der Waals surface area (Å²) in [4.78, 5) is 13.3. The van der Waals surface area contributed by atoms with Crippen LogP contribution in [0.3, 0.4) is 0 Å². The minimum atomic E-state index is -1.24. The molecule has 0 spiro atoms. The molecule has 1 N–H and O–H groups in total. The maximum absolute atomic E-state index is 14.3. The normalized spacial score (nSPS) is 23.3. The van der Waals surface area contributed by atoms with Crippen molar-refractivity contribution < 1.29 is 19.0 Å². The highest BCUT2D eigenvalue weighted by molar-refractivity contribution is 5.88. The van der Waals surface area contributed by atoms with Gasteiger partial charge in [-0.2, -0.15) is 5.10 Å². The Bertz CT molecular complexity index is 1280. The number of para-hydroxylation sites is 1. The smallest absolute Gasteiger partial charge is 0.338 e. The number of aromatic nitrogens is 2. The van der Waals surface area contributed by atoms with Crippen molar-refractivity contribution in [2.24, 2.45) is 5.92 Å². The number of hydrogen-bond acceptors (Lipinski definition) is 4. The molecule has 0 radical (unpaired) electrons. The predicted octanol–water partition coefficient (Wildman–Crippen LogP) is 5.39. The van der Waals surface area contributed by atoms with Crippen LogP contribution in [0.1, 0.15) is 64.3 Å². The molecule has 35 heavy (non-hydrogen) atoms. The number of carboxylic acids is 1. The third-order valence-corrected chi connectivity index (χ3v) is 8.00. The summed E-state index contributed by atoms with van der Waals surface area (Å²) in [6.45, 7) is 5.59. The number of hydrogen-bond donors (Lipinski definition) is 1. The van der Waals surface area contributed by atoms with Gasteiger partial charge in [0.25, 0.3) is 0 Å². The number of anilines is 1. The molecule has 3 atom stereocenters. The van der Waals surface area contributed by atoms with Gasteiger partial charge in [0, 0.05) is 24.2 Å². The first-order chi connectivity index (χ1) is 16.9. The van der Waals surface area contributed by atoms with E-state index in [0.29, 0.717) is 18.4 Å². The number of rotatable bonds is 7. The Kier molecular flexibility index (Phi) is 5.40. The predicted molar refractivity (Wildman–Crippen MR) is 131 cm³/mol. The summed E-state index contributed by atoms with van der Waals surface area (Å²) in [7, 11) is 0. The van der Waals surface area contributed by atoms with E-state index in [0.717, 1.165) is 36.5 Å². The topological polar surface area (TPSA) is 67.6 Å². The molecule has 1 saturated heterocycles. The molecule has 0 unspecified atom stereocenters. The third kappa shape index (κ3) is 3.92. The van der Waals surface area contributed by atoms with Gasteiger partial charge in [-0.05, 0) is 80.3 Å². The highest BCUT2D eigenvalue weighted by Gasteiger charge is 2.45. The lowest BCUT2D eigenvalue weighted by Gasteiger charge is -2.33. The molecule has 3 fully saturated rings. The monoisotopic (exact) mass is 475 g/mol. The second-order valence-corrected chi connectivity index (χ2v) is 10.3. The molecule has 7 heteroatoms. The van der Waals surface area contributed by atoms with Crippen LogP contribution in [0.4, 0.5) is 10.1 Å². The molecule has 182 valence electrons. The van der Waals surface area contributed by atoms with Crippen molar-refractivity contribution in [3.63, 3.8) is 0 Å². The van der Waals surface area contributed by atoms with Gasteiger partial charge in [-0.1, -0.05) is 18.2 Å². The van der Waals surface area contributed by atoms with E-state index >= 15 is 0 Å². The number of carboxylic acid groups (broad SMARTS) is 1. The van der Waals surface area contributed by atoms with E-state index in [1.54, 1.807) is 6.07 Å². The standard InChI is InChI=1S/C28H30FN3O3/c1-16-4-3-5-17(2)27(16)32-25(23(13-30-32)18-6-7-18)15-35-26-12-21-10-19(26)14-31(21)20-8-9-22(28(33)34)24(29)11-20/h3-5,8-9,11,13,18-19,21,26H,6-7,10,12,14-15H2,1-2H3,(H,33,34)/t19-,21-,26+/m0/s1. The first-order valence-electron chi connectivity index (χ1n) is 12.4. The summed E-state index contributed by atoms with van der Waals surface area (Å²) >= 11 is 0. The van der Waals surface area contributed by atoms with Gasteiger partial charge < -0.3 is 14.7 Å². The van der Waals surface area contributed by atoms with Crippen LogP contribution >= 0.6 is 0 Å². The molecule has 6 nitrogen and oxygen atoms in total. The lowest BCUT2D eigenvalue weighted by molar-refractivity contribution is 0.00991. The van der Waals surface area contributed by atoms with Crippen LogP contribution in [-0.4, -0.2) is 39.5 Å². The summed E-state index contributed by atoms with van der Waals surface area (Å²) in [5.74, 6) is -0.955. The average molecular weight is 476 g/mol. The summed E-state index contributed by atoms with van der Waals surface area (Å²) in [5.41, 5.74) is 6.49. The van der Waals surface area contributed by atoms with E-state index in [9.17, 15) is 9.18 Å². The Balaban J connectivity index is 1.18. The highest BCUT2D eigenvalue weighted by atomic mass is 19.1. The van der Waals surface area contributed by atoms with Crippen molar-refractivity contribution in [2.45, 2.75) is 64.2 Å². The van der Waals surface area contributed by atoms with Gasteiger partial charge in [0.1, 0.15) is 5.82 Å². The number of halogens is 1. The highest BCUT2D eigenvalue weighted by Crippen LogP contribution is 2.45. The molecule has 3 aromatic rings. The quantitative estimate of drug-likeness (QED) is 0.496. The van der Waals surface area contributed by atoms with Crippen molar-refractivity contribution in [3.8, 4) is 5.69 Å². The van der Waals surface area contributed by atoms with E-state index in [2.05, 4.69) is 41.6 Å². The minimum absolute atomic E-state index is 0.160. The van der Waals surface area contributed by atoms with Gasteiger partial charge in [-0.3, -0.25) is 0 Å². The van der Waals surface area contributed by atoms with Crippen LogP contribution in [0.15, 0.2) is 42.6 Å². The van der Waals surface area contributed by atoms with Crippen molar-refractivity contribution >= 4 is 11.7 Å². The lowest BCUT2D eigenvalue weighted by Crippen LogP contribution is -2.38. The molecular weight excluding hydrogens is 445 g/mol.